The van der Waals surface area contributed by atoms with Crippen LogP contribution >= 0.6 is 0 Å². The van der Waals surface area contributed by atoms with E-state index in [1.807, 2.05) is 54.6 Å². The molecule has 1 atom stereocenters. The summed E-state index contributed by atoms with van der Waals surface area (Å²) in [7, 11) is 0. The molecule has 0 aliphatic carbocycles. The van der Waals surface area contributed by atoms with Crippen molar-refractivity contribution in [3.8, 4) is 11.1 Å². The van der Waals surface area contributed by atoms with Crippen molar-refractivity contribution in [2.75, 3.05) is 24.5 Å². The summed E-state index contributed by atoms with van der Waals surface area (Å²) in [4.78, 5) is 15.9. The van der Waals surface area contributed by atoms with E-state index < -0.39 is 6.09 Å². The van der Waals surface area contributed by atoms with Crippen LogP contribution in [0.25, 0.3) is 11.1 Å². The monoisotopic (exact) mass is 324 g/mol. The highest BCUT2D eigenvalue weighted by atomic mass is 16.4. The highest BCUT2D eigenvalue weighted by Crippen LogP contribution is 2.32. The topological polar surface area (TPSA) is 43.8 Å². The van der Waals surface area contributed by atoms with Gasteiger partial charge in [-0.2, -0.15) is 0 Å². The zero-order valence-electron chi connectivity index (χ0n) is 14.1. The van der Waals surface area contributed by atoms with Gasteiger partial charge in [0.15, 0.2) is 0 Å². The second kappa shape index (κ2) is 7.49. The minimum absolute atomic E-state index is 0.301. The van der Waals surface area contributed by atoms with Crippen LogP contribution < -0.4 is 4.90 Å². The van der Waals surface area contributed by atoms with Gasteiger partial charge in [-0.15, -0.1) is 0 Å². The average Bonchev–Trinajstić information content (AvgIpc) is 3.07. The van der Waals surface area contributed by atoms with Crippen LogP contribution in [-0.2, 0) is 0 Å². The van der Waals surface area contributed by atoms with Crippen LogP contribution in [0.1, 0.15) is 19.8 Å². The molecule has 126 valence electrons. The molecule has 1 aliphatic heterocycles. The Morgan fingerprint density at radius 2 is 1.88 bits per heavy atom. The summed E-state index contributed by atoms with van der Waals surface area (Å²) >= 11 is 0. The molecule has 1 amide bonds. The Morgan fingerprint density at radius 3 is 2.58 bits per heavy atom. The van der Waals surface area contributed by atoms with Gasteiger partial charge in [-0.25, -0.2) is 4.79 Å². The molecule has 1 fully saturated rings. The lowest BCUT2D eigenvalue weighted by atomic mass is 10.0. The number of rotatable bonds is 5. The first kappa shape index (κ1) is 16.5. The lowest BCUT2D eigenvalue weighted by Gasteiger charge is -2.29. The molecule has 0 radical (unpaired) electrons. The van der Waals surface area contributed by atoms with E-state index in [0.717, 1.165) is 42.7 Å². The first-order valence-corrected chi connectivity index (χ1v) is 8.59. The Kier molecular flexibility index (Phi) is 5.16. The molecule has 2 aromatic carbocycles. The van der Waals surface area contributed by atoms with Crippen LogP contribution in [0, 0.1) is 0 Å². The van der Waals surface area contributed by atoms with Gasteiger partial charge in [0, 0.05) is 18.2 Å². The molecule has 3 rings (SSSR count). The van der Waals surface area contributed by atoms with Crippen molar-refractivity contribution in [2.45, 2.75) is 25.8 Å². The van der Waals surface area contributed by atoms with Crippen LogP contribution in [0.4, 0.5) is 10.5 Å². The molecule has 0 saturated carbocycles. The van der Waals surface area contributed by atoms with E-state index in [-0.39, 0.29) is 0 Å². The van der Waals surface area contributed by atoms with Crippen molar-refractivity contribution < 1.29 is 9.90 Å². The lowest BCUT2D eigenvalue weighted by molar-refractivity contribution is 0.197. The fraction of sp³-hybridized carbons (Fsp3) is 0.350. The Morgan fingerprint density at radius 1 is 1.17 bits per heavy atom. The van der Waals surface area contributed by atoms with Crippen molar-refractivity contribution >= 4 is 11.8 Å². The Hall–Kier alpha value is -2.33. The number of carbonyl (C=O) groups is 1. The Balaban J connectivity index is 1.94. The second-order valence-electron chi connectivity index (χ2n) is 6.20. The Bertz CT molecular complexity index is 687. The highest BCUT2D eigenvalue weighted by molar-refractivity contribution is 5.92. The second-order valence-corrected chi connectivity index (χ2v) is 6.20. The van der Waals surface area contributed by atoms with Crippen LogP contribution in [0.15, 0.2) is 54.6 Å². The number of hydrogen-bond donors (Lipinski definition) is 1. The maximum Gasteiger partial charge on any atom is 0.411 e. The third-order valence-corrected chi connectivity index (χ3v) is 4.81. The number of carboxylic acid groups (broad SMARTS) is 1. The minimum atomic E-state index is -0.888. The van der Waals surface area contributed by atoms with E-state index in [9.17, 15) is 9.90 Å². The molecule has 0 aromatic heterocycles. The van der Waals surface area contributed by atoms with Gasteiger partial charge in [-0.05, 0) is 37.6 Å². The molecular weight excluding hydrogens is 300 g/mol. The highest BCUT2D eigenvalue weighted by Gasteiger charge is 2.28. The third kappa shape index (κ3) is 3.44. The number of likely N-dealkylation sites (N-methyl/N-ethyl adjacent to an activating group) is 1. The first-order chi connectivity index (χ1) is 11.7. The predicted molar refractivity (Wildman–Crippen MR) is 97.5 cm³/mol. The molecule has 2 aromatic rings. The van der Waals surface area contributed by atoms with E-state index in [4.69, 9.17) is 0 Å². The molecule has 0 spiro atoms. The number of benzene rings is 2. The molecule has 1 aliphatic rings. The molecule has 0 bridgehead atoms. The van der Waals surface area contributed by atoms with Crippen LogP contribution in [-0.4, -0.2) is 41.8 Å². The van der Waals surface area contributed by atoms with Gasteiger partial charge in [0.25, 0.3) is 0 Å². The molecule has 4 heteroatoms. The fourth-order valence-electron chi connectivity index (χ4n) is 3.58. The third-order valence-electron chi connectivity index (χ3n) is 4.81. The minimum Gasteiger partial charge on any atom is -0.465 e. The van der Waals surface area contributed by atoms with Gasteiger partial charge in [0.1, 0.15) is 0 Å². The summed E-state index contributed by atoms with van der Waals surface area (Å²) in [5, 5.41) is 9.82. The molecule has 1 heterocycles. The summed E-state index contributed by atoms with van der Waals surface area (Å²) in [6.07, 6.45) is 1.32. The summed E-state index contributed by atoms with van der Waals surface area (Å²) in [5.41, 5.74) is 2.76. The van der Waals surface area contributed by atoms with Gasteiger partial charge >= 0.3 is 6.09 Å². The van der Waals surface area contributed by atoms with Crippen molar-refractivity contribution in [3.63, 3.8) is 0 Å². The van der Waals surface area contributed by atoms with Gasteiger partial charge in [0.05, 0.1) is 5.69 Å². The van der Waals surface area contributed by atoms with Crippen molar-refractivity contribution in [1.29, 1.82) is 0 Å². The van der Waals surface area contributed by atoms with E-state index in [1.54, 1.807) is 0 Å². The standard InChI is InChI=1S/C20H24N2O2/c1-2-21-14-8-11-17(21)15-22(20(23)24)19-13-7-6-12-18(19)16-9-4-3-5-10-16/h3-7,9-10,12-13,17H,2,8,11,14-15H2,1H3,(H,23,24)/t17-/m0/s1. The smallest absolute Gasteiger partial charge is 0.411 e. The van der Waals surface area contributed by atoms with E-state index in [2.05, 4.69) is 11.8 Å². The van der Waals surface area contributed by atoms with Gasteiger partial charge in [-0.3, -0.25) is 9.80 Å². The average molecular weight is 324 g/mol. The SMILES string of the molecule is CCN1CCC[C@H]1CN(C(=O)O)c1ccccc1-c1ccccc1. The Labute approximate surface area is 143 Å². The van der Waals surface area contributed by atoms with Crippen molar-refractivity contribution in [1.82, 2.24) is 4.90 Å². The number of likely N-dealkylation sites (tertiary alicyclic amines) is 1. The number of nitrogens with zero attached hydrogens (tertiary/aromatic N) is 2. The maximum atomic E-state index is 12.0. The first-order valence-electron chi connectivity index (χ1n) is 8.59. The van der Waals surface area contributed by atoms with Gasteiger partial charge < -0.3 is 5.11 Å². The van der Waals surface area contributed by atoms with Gasteiger partial charge in [-0.1, -0.05) is 55.5 Å². The number of amides is 1. The molecule has 1 N–H and O–H groups in total. The summed E-state index contributed by atoms with van der Waals surface area (Å²) in [5.74, 6) is 0. The van der Waals surface area contributed by atoms with Gasteiger partial charge in [0.2, 0.25) is 0 Å². The van der Waals surface area contributed by atoms with E-state index in [0.29, 0.717) is 12.6 Å². The number of anilines is 1. The van der Waals surface area contributed by atoms with Crippen LogP contribution in [0.3, 0.4) is 0 Å². The zero-order chi connectivity index (χ0) is 16.9. The largest absolute Gasteiger partial charge is 0.465 e. The van der Waals surface area contributed by atoms with Crippen LogP contribution in [0.2, 0.25) is 0 Å². The lowest BCUT2D eigenvalue weighted by Crippen LogP contribution is -2.42. The summed E-state index contributed by atoms with van der Waals surface area (Å²) in [6.45, 7) is 4.70. The summed E-state index contributed by atoms with van der Waals surface area (Å²) < 4.78 is 0. The van der Waals surface area contributed by atoms with Crippen LogP contribution in [0.5, 0.6) is 0 Å². The van der Waals surface area contributed by atoms with Crippen molar-refractivity contribution in [2.24, 2.45) is 0 Å². The number of para-hydroxylation sites is 1. The van der Waals surface area contributed by atoms with E-state index in [1.165, 1.54) is 4.90 Å². The quantitative estimate of drug-likeness (QED) is 0.890. The molecular formula is C20H24N2O2. The fourth-order valence-corrected chi connectivity index (χ4v) is 3.58. The molecule has 0 unspecified atom stereocenters. The predicted octanol–water partition coefficient (Wildman–Crippen LogP) is 4.32. The molecule has 1 saturated heterocycles. The number of hydrogen-bond acceptors (Lipinski definition) is 2. The van der Waals surface area contributed by atoms with E-state index >= 15 is 0 Å². The molecule has 24 heavy (non-hydrogen) atoms. The molecule has 4 nitrogen and oxygen atoms in total. The normalized spacial score (nSPS) is 17.8. The maximum absolute atomic E-state index is 12.0. The van der Waals surface area contributed by atoms with Crippen molar-refractivity contribution in [3.05, 3.63) is 54.6 Å². The summed E-state index contributed by atoms with van der Waals surface area (Å²) in [6, 6.07) is 18.0. The zero-order valence-corrected chi connectivity index (χ0v) is 14.1.